The van der Waals surface area contributed by atoms with Crippen molar-refractivity contribution < 1.29 is 14.3 Å². The molecule has 2 rings (SSSR count). The first kappa shape index (κ1) is 16.8. The maximum atomic E-state index is 11.8. The lowest BCUT2D eigenvalue weighted by Gasteiger charge is -2.09. The number of carbonyl (C=O) groups excluding carboxylic acids is 1. The molecule has 0 unspecified atom stereocenters. The largest absolute Gasteiger partial charge is 0.481 e. The lowest BCUT2D eigenvalue weighted by atomic mass is 10.0. The Kier molecular flexibility index (Phi) is 5.86. The third-order valence-electron chi connectivity index (χ3n) is 3.02. The predicted octanol–water partition coefficient (Wildman–Crippen LogP) is 5.21. The Balaban J connectivity index is 1.90. The van der Waals surface area contributed by atoms with Gasteiger partial charge in [-0.2, -0.15) is 0 Å². The molecule has 0 atom stereocenters. The van der Waals surface area contributed by atoms with Crippen molar-refractivity contribution in [1.82, 2.24) is 0 Å². The Hall–Kier alpha value is -1.52. The van der Waals surface area contributed by atoms with Gasteiger partial charge in [-0.3, -0.25) is 0 Å². The van der Waals surface area contributed by atoms with Crippen LogP contribution in [-0.2, 0) is 4.79 Å². The van der Waals surface area contributed by atoms with Crippen LogP contribution in [0.3, 0.4) is 0 Å². The summed E-state index contributed by atoms with van der Waals surface area (Å²) >= 11 is 9.17. The van der Waals surface area contributed by atoms with Crippen molar-refractivity contribution in [3.05, 3.63) is 57.5 Å². The van der Waals surface area contributed by atoms with Gasteiger partial charge in [-0.05, 0) is 57.7 Å². The number of carbonyl (C=O) groups is 1. The van der Waals surface area contributed by atoms with Crippen LogP contribution in [0.5, 0.6) is 11.5 Å². The molecule has 22 heavy (non-hydrogen) atoms. The number of hydrogen-bond acceptors (Lipinski definition) is 3. The zero-order chi connectivity index (χ0) is 16.1. The van der Waals surface area contributed by atoms with Crippen LogP contribution in [0.15, 0.2) is 46.9 Å². The minimum Gasteiger partial charge on any atom is -0.481 e. The summed E-state index contributed by atoms with van der Waals surface area (Å²) in [6.07, 6.45) is 0. The van der Waals surface area contributed by atoms with E-state index in [0.29, 0.717) is 26.9 Å². The second-order valence-electron chi connectivity index (χ2n) is 5.06. The van der Waals surface area contributed by atoms with Crippen LogP contribution in [0.2, 0.25) is 5.02 Å². The van der Waals surface area contributed by atoms with E-state index in [1.165, 1.54) is 5.56 Å². The molecule has 2 aromatic rings. The molecule has 0 bridgehead atoms. The molecule has 116 valence electrons. The molecule has 0 radical (unpaired) electrons. The molecule has 2 aromatic carbocycles. The third kappa shape index (κ3) is 4.75. The lowest BCUT2D eigenvalue weighted by molar-refractivity contribution is -0.136. The second kappa shape index (κ2) is 7.65. The predicted molar refractivity (Wildman–Crippen MR) is 90.8 cm³/mol. The Labute approximate surface area is 143 Å². The Bertz CT molecular complexity index is 653. The number of hydrogen-bond donors (Lipinski definition) is 0. The summed E-state index contributed by atoms with van der Waals surface area (Å²) in [7, 11) is 0. The normalized spacial score (nSPS) is 10.6. The fourth-order valence-electron chi connectivity index (χ4n) is 1.81. The van der Waals surface area contributed by atoms with Crippen LogP contribution in [0.25, 0.3) is 0 Å². The van der Waals surface area contributed by atoms with E-state index in [2.05, 4.69) is 29.8 Å². The average Bonchev–Trinajstić information content (AvgIpc) is 2.47. The number of rotatable bonds is 5. The Morgan fingerprint density at radius 1 is 1.18 bits per heavy atom. The number of benzene rings is 2. The monoisotopic (exact) mass is 382 g/mol. The fourth-order valence-corrected chi connectivity index (χ4v) is 2.61. The van der Waals surface area contributed by atoms with E-state index in [9.17, 15) is 4.79 Å². The standard InChI is InChI=1S/C17H16BrClO3/c1-11(2)12-3-6-14(7-4-12)22-17(20)10-21-16-8-5-13(19)9-15(16)18/h3-9,11H,10H2,1-2H3. The highest BCUT2D eigenvalue weighted by atomic mass is 79.9. The molecular weight excluding hydrogens is 368 g/mol. The fraction of sp³-hybridized carbons (Fsp3) is 0.235. The van der Waals surface area contributed by atoms with Crippen molar-refractivity contribution in [2.45, 2.75) is 19.8 Å². The zero-order valence-electron chi connectivity index (χ0n) is 12.3. The number of halogens is 2. The van der Waals surface area contributed by atoms with E-state index >= 15 is 0 Å². The summed E-state index contributed by atoms with van der Waals surface area (Å²) < 4.78 is 11.3. The Morgan fingerprint density at radius 3 is 2.45 bits per heavy atom. The second-order valence-corrected chi connectivity index (χ2v) is 6.35. The maximum absolute atomic E-state index is 11.8. The van der Waals surface area contributed by atoms with Gasteiger partial charge in [0.1, 0.15) is 11.5 Å². The minimum absolute atomic E-state index is 0.174. The highest BCUT2D eigenvalue weighted by molar-refractivity contribution is 9.10. The van der Waals surface area contributed by atoms with E-state index in [0.717, 1.165) is 0 Å². The van der Waals surface area contributed by atoms with Gasteiger partial charge >= 0.3 is 5.97 Å². The van der Waals surface area contributed by atoms with Crippen molar-refractivity contribution in [3.8, 4) is 11.5 Å². The minimum atomic E-state index is -0.459. The number of ether oxygens (including phenoxy) is 2. The summed E-state index contributed by atoms with van der Waals surface area (Å²) in [6.45, 7) is 4.05. The first-order valence-electron chi connectivity index (χ1n) is 6.84. The van der Waals surface area contributed by atoms with E-state index in [4.69, 9.17) is 21.1 Å². The molecule has 0 amide bonds. The van der Waals surface area contributed by atoms with E-state index < -0.39 is 5.97 Å². The van der Waals surface area contributed by atoms with Crippen molar-refractivity contribution in [3.63, 3.8) is 0 Å². The van der Waals surface area contributed by atoms with Crippen LogP contribution < -0.4 is 9.47 Å². The van der Waals surface area contributed by atoms with Crippen LogP contribution in [0.4, 0.5) is 0 Å². The molecular formula is C17H16BrClO3. The van der Waals surface area contributed by atoms with Crippen LogP contribution in [-0.4, -0.2) is 12.6 Å². The molecule has 5 heteroatoms. The molecule has 3 nitrogen and oxygen atoms in total. The highest BCUT2D eigenvalue weighted by Crippen LogP contribution is 2.28. The van der Waals surface area contributed by atoms with Gasteiger partial charge in [0.15, 0.2) is 6.61 Å². The van der Waals surface area contributed by atoms with Gasteiger partial charge in [-0.25, -0.2) is 4.79 Å². The zero-order valence-corrected chi connectivity index (χ0v) is 14.6. The summed E-state index contributed by atoms with van der Waals surface area (Å²) in [5.74, 6) is 1.03. The molecule has 0 N–H and O–H groups in total. The first-order valence-corrected chi connectivity index (χ1v) is 8.01. The third-order valence-corrected chi connectivity index (χ3v) is 3.87. The molecule has 0 aliphatic carbocycles. The quantitative estimate of drug-likeness (QED) is 0.525. The molecule has 0 saturated carbocycles. The summed E-state index contributed by atoms with van der Waals surface area (Å²) in [4.78, 5) is 11.8. The Morgan fingerprint density at radius 2 is 1.86 bits per heavy atom. The van der Waals surface area contributed by atoms with Gasteiger partial charge < -0.3 is 9.47 Å². The van der Waals surface area contributed by atoms with E-state index in [1.807, 2.05) is 12.1 Å². The van der Waals surface area contributed by atoms with E-state index in [-0.39, 0.29) is 6.61 Å². The SMILES string of the molecule is CC(C)c1ccc(OC(=O)COc2ccc(Cl)cc2Br)cc1. The summed E-state index contributed by atoms with van der Waals surface area (Å²) in [6, 6.07) is 12.5. The van der Waals surface area contributed by atoms with Crippen LogP contribution >= 0.6 is 27.5 Å². The average molecular weight is 384 g/mol. The molecule has 0 spiro atoms. The summed E-state index contributed by atoms with van der Waals surface area (Å²) in [5.41, 5.74) is 1.20. The van der Waals surface area contributed by atoms with Gasteiger partial charge in [0, 0.05) is 5.02 Å². The van der Waals surface area contributed by atoms with E-state index in [1.54, 1.807) is 30.3 Å². The smallest absolute Gasteiger partial charge is 0.349 e. The molecule has 0 saturated heterocycles. The summed E-state index contributed by atoms with van der Waals surface area (Å²) in [5, 5.41) is 0.590. The van der Waals surface area contributed by atoms with Gasteiger partial charge in [-0.15, -0.1) is 0 Å². The molecule has 0 heterocycles. The highest BCUT2D eigenvalue weighted by Gasteiger charge is 2.09. The number of esters is 1. The molecule has 0 aliphatic rings. The molecule has 0 fully saturated rings. The van der Waals surface area contributed by atoms with Gasteiger partial charge in [0.25, 0.3) is 0 Å². The van der Waals surface area contributed by atoms with Gasteiger partial charge in [0.05, 0.1) is 4.47 Å². The van der Waals surface area contributed by atoms with Crippen LogP contribution in [0.1, 0.15) is 25.3 Å². The van der Waals surface area contributed by atoms with Gasteiger partial charge in [0.2, 0.25) is 0 Å². The van der Waals surface area contributed by atoms with Crippen molar-refractivity contribution in [2.75, 3.05) is 6.61 Å². The van der Waals surface area contributed by atoms with Crippen molar-refractivity contribution in [1.29, 1.82) is 0 Å². The van der Waals surface area contributed by atoms with Crippen molar-refractivity contribution >= 4 is 33.5 Å². The van der Waals surface area contributed by atoms with Crippen molar-refractivity contribution in [2.24, 2.45) is 0 Å². The molecule has 0 aliphatic heterocycles. The van der Waals surface area contributed by atoms with Crippen LogP contribution in [0, 0.1) is 0 Å². The maximum Gasteiger partial charge on any atom is 0.349 e. The molecule has 0 aromatic heterocycles. The lowest BCUT2D eigenvalue weighted by Crippen LogP contribution is -2.17. The topological polar surface area (TPSA) is 35.5 Å². The van der Waals surface area contributed by atoms with Gasteiger partial charge in [-0.1, -0.05) is 37.6 Å². The first-order chi connectivity index (χ1) is 10.5.